The monoisotopic (exact) mass is 457 g/mol. The van der Waals surface area contributed by atoms with Gasteiger partial charge in [-0.05, 0) is 48.4 Å². The number of anilines is 2. The summed E-state index contributed by atoms with van der Waals surface area (Å²) < 4.78 is 9.82. The second-order valence-corrected chi connectivity index (χ2v) is 8.45. The van der Waals surface area contributed by atoms with Gasteiger partial charge in [0.25, 0.3) is 0 Å². The van der Waals surface area contributed by atoms with Crippen molar-refractivity contribution in [3.63, 3.8) is 0 Å². The molecule has 162 valence electrons. The molecule has 2 heterocycles. The van der Waals surface area contributed by atoms with Crippen LogP contribution >= 0.6 is 23.1 Å². The van der Waals surface area contributed by atoms with Gasteiger partial charge in [0.05, 0.1) is 7.11 Å². The van der Waals surface area contributed by atoms with Crippen LogP contribution in [0.25, 0.3) is 0 Å². The minimum atomic E-state index is -0.0971. The van der Waals surface area contributed by atoms with E-state index in [1.54, 1.807) is 31.4 Å². The molecule has 2 aromatic carbocycles. The molecule has 1 fully saturated rings. The summed E-state index contributed by atoms with van der Waals surface area (Å²) in [6.07, 6.45) is 1.54. The van der Waals surface area contributed by atoms with Crippen molar-refractivity contribution in [2.24, 2.45) is 0 Å². The van der Waals surface area contributed by atoms with Gasteiger partial charge in [0, 0.05) is 54.8 Å². The van der Waals surface area contributed by atoms with Gasteiger partial charge < -0.3 is 19.9 Å². The summed E-state index contributed by atoms with van der Waals surface area (Å²) in [5.41, 5.74) is 1.85. The molecule has 0 atom stereocenters. The molecule has 31 heavy (non-hydrogen) atoms. The van der Waals surface area contributed by atoms with E-state index in [-0.39, 0.29) is 6.03 Å². The van der Waals surface area contributed by atoms with Crippen molar-refractivity contribution >= 4 is 40.0 Å². The van der Waals surface area contributed by atoms with Gasteiger partial charge in [-0.2, -0.15) is 4.37 Å². The quantitative estimate of drug-likeness (QED) is 0.609. The van der Waals surface area contributed by atoms with E-state index in [0.717, 1.165) is 47.5 Å². The number of benzene rings is 2. The molecule has 0 radical (unpaired) electrons. The number of carbonyl (C=O) groups is 1. The Kier molecular flexibility index (Phi) is 6.89. The van der Waals surface area contributed by atoms with E-state index in [2.05, 4.69) is 14.6 Å². The molecule has 9 heteroatoms. The first-order valence-electron chi connectivity index (χ1n) is 10.1. The Morgan fingerprint density at radius 1 is 1.16 bits per heavy atom. The Labute approximate surface area is 190 Å². The highest BCUT2D eigenvalue weighted by Crippen LogP contribution is 2.22. The summed E-state index contributed by atoms with van der Waals surface area (Å²) in [4.78, 5) is 21.4. The van der Waals surface area contributed by atoms with Crippen LogP contribution in [0.15, 0.2) is 48.5 Å². The number of hydrogen-bond acceptors (Lipinski definition) is 6. The maximum atomic E-state index is 12.6. The molecular weight excluding hydrogens is 434 g/mol. The number of nitrogens with one attached hydrogen (secondary N) is 1. The molecular formula is C22H24ClN5O2S. The van der Waals surface area contributed by atoms with E-state index in [0.29, 0.717) is 24.5 Å². The van der Waals surface area contributed by atoms with Gasteiger partial charge in [-0.3, -0.25) is 0 Å². The number of nitrogens with zero attached hydrogens (tertiary/aromatic N) is 4. The van der Waals surface area contributed by atoms with Crippen LogP contribution in [0.1, 0.15) is 17.8 Å². The third-order valence-corrected chi connectivity index (χ3v) is 6.17. The lowest BCUT2D eigenvalue weighted by molar-refractivity contribution is 0.215. The molecule has 1 saturated heterocycles. The third-order valence-electron chi connectivity index (χ3n) is 5.10. The van der Waals surface area contributed by atoms with Gasteiger partial charge in [0.2, 0.25) is 5.13 Å². The topological polar surface area (TPSA) is 70.6 Å². The van der Waals surface area contributed by atoms with Gasteiger partial charge in [-0.25, -0.2) is 9.78 Å². The summed E-state index contributed by atoms with van der Waals surface area (Å²) in [5.74, 6) is 1.63. The van der Waals surface area contributed by atoms with Gasteiger partial charge in [0.1, 0.15) is 11.6 Å². The van der Waals surface area contributed by atoms with Crippen molar-refractivity contribution in [2.45, 2.75) is 12.8 Å². The predicted octanol–water partition coefficient (Wildman–Crippen LogP) is 4.54. The number of amides is 2. The highest BCUT2D eigenvalue weighted by atomic mass is 35.5. The molecule has 0 spiro atoms. The molecule has 1 aliphatic heterocycles. The lowest BCUT2D eigenvalue weighted by Gasteiger charge is -2.22. The van der Waals surface area contributed by atoms with E-state index in [4.69, 9.17) is 21.3 Å². The fourth-order valence-electron chi connectivity index (χ4n) is 3.46. The van der Waals surface area contributed by atoms with Crippen LogP contribution in [0.5, 0.6) is 5.75 Å². The van der Waals surface area contributed by atoms with Gasteiger partial charge >= 0.3 is 6.03 Å². The number of ether oxygens (including phenoxy) is 1. The average molecular weight is 458 g/mol. The van der Waals surface area contributed by atoms with Gasteiger partial charge in [-0.1, -0.05) is 23.7 Å². The number of aromatic nitrogens is 2. The molecule has 7 nitrogen and oxygen atoms in total. The zero-order chi connectivity index (χ0) is 21.6. The molecule has 0 saturated carbocycles. The Morgan fingerprint density at radius 3 is 2.81 bits per heavy atom. The predicted molar refractivity (Wildman–Crippen MR) is 125 cm³/mol. The summed E-state index contributed by atoms with van der Waals surface area (Å²) >= 11 is 7.32. The molecule has 0 bridgehead atoms. The van der Waals surface area contributed by atoms with Crippen LogP contribution in [0.2, 0.25) is 5.02 Å². The Morgan fingerprint density at radius 2 is 2.00 bits per heavy atom. The molecule has 0 aliphatic carbocycles. The van der Waals surface area contributed by atoms with Crippen molar-refractivity contribution < 1.29 is 9.53 Å². The molecule has 1 aliphatic rings. The van der Waals surface area contributed by atoms with E-state index in [1.807, 2.05) is 29.2 Å². The maximum absolute atomic E-state index is 12.6. The lowest BCUT2D eigenvalue weighted by atomic mass is 10.1. The lowest BCUT2D eigenvalue weighted by Crippen LogP contribution is -2.38. The fourth-order valence-corrected chi connectivity index (χ4v) is 4.32. The first kappa shape index (κ1) is 21.4. The number of carbonyl (C=O) groups excluding carboxylic acids is 1. The highest BCUT2D eigenvalue weighted by Gasteiger charge is 2.21. The van der Waals surface area contributed by atoms with Crippen LogP contribution in [-0.4, -0.2) is 53.6 Å². The van der Waals surface area contributed by atoms with Gasteiger partial charge in [0.15, 0.2) is 0 Å². The molecule has 4 rings (SSSR count). The van der Waals surface area contributed by atoms with Crippen molar-refractivity contribution in [3.05, 3.63) is 64.9 Å². The highest BCUT2D eigenvalue weighted by molar-refractivity contribution is 7.09. The second-order valence-electron chi connectivity index (χ2n) is 7.29. The smallest absolute Gasteiger partial charge is 0.321 e. The molecule has 1 N–H and O–H groups in total. The number of methoxy groups -OCH3 is 1. The average Bonchev–Trinajstić information content (AvgIpc) is 3.10. The minimum absolute atomic E-state index is 0.0971. The first-order chi connectivity index (χ1) is 15.1. The van der Waals surface area contributed by atoms with Crippen molar-refractivity contribution in [3.8, 4) is 5.75 Å². The molecule has 3 aromatic rings. The normalized spacial score (nSPS) is 14.3. The zero-order valence-electron chi connectivity index (χ0n) is 17.3. The standard InChI is InChI=1S/C22H24ClN5O2S/c1-30-19-5-2-4-16(14-19)15-20-25-22(31-26-20)28-11-3-10-27(12-13-28)21(29)24-18-8-6-17(23)7-9-18/h2,4-9,14H,3,10-13,15H2,1H3,(H,24,29). The Bertz CT molecular complexity index is 1030. The minimum Gasteiger partial charge on any atom is -0.497 e. The third kappa shape index (κ3) is 5.65. The molecule has 1 aromatic heterocycles. The van der Waals surface area contributed by atoms with E-state index in [1.165, 1.54) is 11.5 Å². The van der Waals surface area contributed by atoms with E-state index < -0.39 is 0 Å². The fraction of sp³-hybridized carbons (Fsp3) is 0.318. The SMILES string of the molecule is COc1cccc(Cc2nsc(N3CCCN(C(=O)Nc4ccc(Cl)cc4)CC3)n2)c1. The summed E-state index contributed by atoms with van der Waals surface area (Å²) in [5, 5.41) is 4.48. The number of urea groups is 1. The van der Waals surface area contributed by atoms with Crippen LogP contribution in [0.3, 0.4) is 0 Å². The van der Waals surface area contributed by atoms with Crippen LogP contribution < -0.4 is 15.0 Å². The molecule has 0 unspecified atom stereocenters. The maximum Gasteiger partial charge on any atom is 0.321 e. The van der Waals surface area contributed by atoms with Crippen molar-refractivity contribution in [2.75, 3.05) is 43.5 Å². The van der Waals surface area contributed by atoms with E-state index >= 15 is 0 Å². The van der Waals surface area contributed by atoms with Crippen LogP contribution in [0.4, 0.5) is 15.6 Å². The Hall–Kier alpha value is -2.84. The van der Waals surface area contributed by atoms with Crippen LogP contribution in [0, 0.1) is 0 Å². The largest absolute Gasteiger partial charge is 0.497 e. The Balaban J connectivity index is 1.34. The summed E-state index contributed by atoms with van der Waals surface area (Å²) in [6, 6.07) is 15.0. The zero-order valence-corrected chi connectivity index (χ0v) is 18.8. The number of rotatable bonds is 5. The van der Waals surface area contributed by atoms with Crippen molar-refractivity contribution in [1.82, 2.24) is 14.3 Å². The number of hydrogen-bond donors (Lipinski definition) is 1. The summed E-state index contributed by atoms with van der Waals surface area (Å²) in [6.45, 7) is 2.90. The van der Waals surface area contributed by atoms with Crippen LogP contribution in [-0.2, 0) is 6.42 Å². The summed E-state index contributed by atoms with van der Waals surface area (Å²) in [7, 11) is 1.66. The van der Waals surface area contributed by atoms with Gasteiger partial charge in [-0.15, -0.1) is 0 Å². The molecule has 2 amide bonds. The number of halogens is 1. The first-order valence-corrected chi connectivity index (χ1v) is 11.3. The second kappa shape index (κ2) is 9.98. The van der Waals surface area contributed by atoms with E-state index in [9.17, 15) is 4.79 Å². The van der Waals surface area contributed by atoms with Crippen molar-refractivity contribution in [1.29, 1.82) is 0 Å².